The van der Waals surface area contributed by atoms with Crippen molar-refractivity contribution in [2.24, 2.45) is 0 Å². The zero-order valence-electron chi connectivity index (χ0n) is 16.8. The highest BCUT2D eigenvalue weighted by Crippen LogP contribution is 2.18. The van der Waals surface area contributed by atoms with E-state index >= 15 is 0 Å². The van der Waals surface area contributed by atoms with Crippen molar-refractivity contribution in [1.82, 2.24) is 10.2 Å². The number of carbonyl (C=O) groups excluding carboxylic acids is 1. The van der Waals surface area contributed by atoms with Crippen LogP contribution in [0, 0.1) is 5.82 Å². The van der Waals surface area contributed by atoms with Crippen LogP contribution in [0.15, 0.2) is 30.4 Å². The quantitative estimate of drug-likeness (QED) is 0.427. The number of carbonyl (C=O) groups is 3. The minimum absolute atomic E-state index is 0.0838. The minimum Gasteiger partial charge on any atom is -0.494 e. The molecule has 9 nitrogen and oxygen atoms in total. The Bertz CT molecular complexity index is 718. The van der Waals surface area contributed by atoms with Crippen molar-refractivity contribution in [3.05, 3.63) is 41.7 Å². The van der Waals surface area contributed by atoms with Crippen LogP contribution >= 0.6 is 0 Å². The van der Waals surface area contributed by atoms with Gasteiger partial charge < -0.3 is 29.9 Å². The molecule has 0 aliphatic carbocycles. The number of amides is 1. The van der Waals surface area contributed by atoms with Crippen molar-refractivity contribution in [3.8, 4) is 5.75 Å². The number of unbranched alkanes of at least 4 members (excludes halogenated alkanes) is 1. The summed E-state index contributed by atoms with van der Waals surface area (Å²) in [4.78, 5) is 32.6. The van der Waals surface area contributed by atoms with Gasteiger partial charge in [0.05, 0.1) is 6.61 Å². The molecule has 1 aromatic rings. The highest BCUT2D eigenvalue weighted by Gasteiger charge is 2.18. The number of aliphatic carboxylic acids is 2. The standard InChI is InChI=1S/C16H23FN2O3.C4H4O4/c1-2-3-10-21-14-4-5-15(17)13(11-14)12-22-16(20)19-8-6-18-7-9-19;5-3(6)1-2-4(7)8/h4-5,11,18H,2-3,6-10,12H2,1H3;1-2H,(H,5,6)(H,7,8)/b;2-1+. The number of nitrogens with zero attached hydrogens (tertiary/aromatic N) is 1. The van der Waals surface area contributed by atoms with Gasteiger partial charge in [-0.1, -0.05) is 13.3 Å². The molecule has 1 aliphatic heterocycles. The van der Waals surface area contributed by atoms with E-state index in [1.54, 1.807) is 17.0 Å². The molecule has 1 fully saturated rings. The fourth-order valence-electron chi connectivity index (χ4n) is 2.31. The molecule has 1 amide bonds. The molecule has 0 saturated carbocycles. The number of benzene rings is 1. The van der Waals surface area contributed by atoms with Crippen LogP contribution in [0.25, 0.3) is 0 Å². The average molecular weight is 426 g/mol. The molecule has 1 aliphatic rings. The lowest BCUT2D eigenvalue weighted by Crippen LogP contribution is -2.46. The van der Waals surface area contributed by atoms with Crippen molar-refractivity contribution >= 4 is 18.0 Å². The number of piperazine rings is 1. The van der Waals surface area contributed by atoms with E-state index in [2.05, 4.69) is 12.2 Å². The molecule has 1 saturated heterocycles. The lowest BCUT2D eigenvalue weighted by Gasteiger charge is -2.26. The predicted molar refractivity (Wildman–Crippen MR) is 106 cm³/mol. The Morgan fingerprint density at radius 2 is 1.80 bits per heavy atom. The first-order valence-corrected chi connectivity index (χ1v) is 9.51. The predicted octanol–water partition coefficient (Wildman–Crippen LogP) is 2.26. The maximum atomic E-state index is 13.8. The van der Waals surface area contributed by atoms with Gasteiger partial charge in [-0.3, -0.25) is 0 Å². The number of carboxylic acid groups (broad SMARTS) is 2. The van der Waals surface area contributed by atoms with Gasteiger partial charge in [-0.15, -0.1) is 0 Å². The van der Waals surface area contributed by atoms with E-state index in [1.165, 1.54) is 6.07 Å². The van der Waals surface area contributed by atoms with Crippen molar-refractivity contribution in [3.63, 3.8) is 0 Å². The summed E-state index contributed by atoms with van der Waals surface area (Å²) in [7, 11) is 0. The van der Waals surface area contributed by atoms with E-state index in [4.69, 9.17) is 19.7 Å². The second-order valence-electron chi connectivity index (χ2n) is 6.26. The third-order valence-electron chi connectivity index (χ3n) is 3.88. The van der Waals surface area contributed by atoms with Crippen LogP contribution in [0.3, 0.4) is 0 Å². The molecular formula is C20H27FN2O7. The van der Waals surface area contributed by atoms with E-state index in [9.17, 15) is 18.8 Å². The second kappa shape index (κ2) is 13.9. The molecule has 0 atom stereocenters. The molecule has 166 valence electrons. The zero-order chi connectivity index (χ0) is 22.4. The molecule has 0 unspecified atom stereocenters. The van der Waals surface area contributed by atoms with Crippen LogP contribution in [-0.4, -0.2) is 65.9 Å². The molecule has 0 aromatic heterocycles. The summed E-state index contributed by atoms with van der Waals surface area (Å²) in [6.45, 7) is 5.33. The maximum absolute atomic E-state index is 13.8. The third-order valence-corrected chi connectivity index (χ3v) is 3.88. The van der Waals surface area contributed by atoms with Crippen LogP contribution in [0.1, 0.15) is 25.3 Å². The number of halogens is 1. The summed E-state index contributed by atoms with van der Waals surface area (Å²) in [6, 6.07) is 4.53. The van der Waals surface area contributed by atoms with Crippen molar-refractivity contribution in [1.29, 1.82) is 0 Å². The molecule has 3 N–H and O–H groups in total. The molecule has 2 rings (SSSR count). The van der Waals surface area contributed by atoms with Crippen molar-refractivity contribution in [2.75, 3.05) is 32.8 Å². The van der Waals surface area contributed by atoms with Crippen LogP contribution in [0.4, 0.5) is 9.18 Å². The van der Waals surface area contributed by atoms with E-state index < -0.39 is 23.8 Å². The summed E-state index contributed by atoms with van der Waals surface area (Å²) < 4.78 is 24.5. The van der Waals surface area contributed by atoms with Crippen LogP contribution < -0.4 is 10.1 Å². The highest BCUT2D eigenvalue weighted by atomic mass is 19.1. The van der Waals surface area contributed by atoms with Gasteiger partial charge in [0, 0.05) is 43.9 Å². The van der Waals surface area contributed by atoms with Gasteiger partial charge >= 0.3 is 18.0 Å². The van der Waals surface area contributed by atoms with Crippen LogP contribution in [0.5, 0.6) is 5.75 Å². The molecule has 1 aromatic carbocycles. The average Bonchev–Trinajstić information content (AvgIpc) is 2.73. The maximum Gasteiger partial charge on any atom is 0.410 e. The Morgan fingerprint density at radius 1 is 1.17 bits per heavy atom. The Labute approximate surface area is 174 Å². The minimum atomic E-state index is -1.26. The zero-order valence-corrected chi connectivity index (χ0v) is 16.8. The number of ether oxygens (including phenoxy) is 2. The van der Waals surface area contributed by atoms with Gasteiger partial charge in [-0.2, -0.15) is 0 Å². The van der Waals surface area contributed by atoms with Gasteiger partial charge in [0.1, 0.15) is 18.2 Å². The van der Waals surface area contributed by atoms with Crippen molar-refractivity contribution < 1.29 is 38.5 Å². The number of hydrogen-bond acceptors (Lipinski definition) is 6. The first kappa shape index (κ1) is 24.9. The molecule has 30 heavy (non-hydrogen) atoms. The molecule has 0 spiro atoms. The molecule has 10 heteroatoms. The molecular weight excluding hydrogens is 399 g/mol. The number of carboxylic acids is 2. The molecule has 1 heterocycles. The van der Waals surface area contributed by atoms with Crippen LogP contribution in [0.2, 0.25) is 0 Å². The van der Waals surface area contributed by atoms with Crippen molar-refractivity contribution in [2.45, 2.75) is 26.4 Å². The van der Waals surface area contributed by atoms with Gasteiger partial charge in [0.15, 0.2) is 0 Å². The first-order chi connectivity index (χ1) is 14.3. The topological polar surface area (TPSA) is 125 Å². The summed E-state index contributed by atoms with van der Waals surface area (Å²) in [5.74, 6) is -2.31. The van der Waals surface area contributed by atoms with E-state index in [0.717, 1.165) is 25.9 Å². The Balaban J connectivity index is 0.000000479. The van der Waals surface area contributed by atoms with E-state index in [0.29, 0.717) is 43.2 Å². The van der Waals surface area contributed by atoms with Gasteiger partial charge in [0.2, 0.25) is 0 Å². The lowest BCUT2D eigenvalue weighted by molar-refractivity contribution is -0.134. The van der Waals surface area contributed by atoms with E-state index in [1.807, 2.05) is 0 Å². The fraction of sp³-hybridized carbons (Fsp3) is 0.450. The third kappa shape index (κ3) is 10.4. The lowest BCUT2D eigenvalue weighted by atomic mass is 10.2. The highest BCUT2D eigenvalue weighted by molar-refractivity contribution is 5.89. The monoisotopic (exact) mass is 426 g/mol. The Morgan fingerprint density at radius 3 is 2.37 bits per heavy atom. The second-order valence-corrected chi connectivity index (χ2v) is 6.26. The number of hydrogen-bond donors (Lipinski definition) is 3. The normalized spacial score (nSPS) is 13.3. The SMILES string of the molecule is CCCCOc1ccc(F)c(COC(=O)N2CCNCC2)c1.O=C(O)/C=C/C(=O)O. The summed E-state index contributed by atoms with van der Waals surface area (Å²) in [5.41, 5.74) is 0.331. The van der Waals surface area contributed by atoms with Gasteiger partial charge in [-0.25, -0.2) is 18.8 Å². The molecule has 0 bridgehead atoms. The van der Waals surface area contributed by atoms with Gasteiger partial charge in [-0.05, 0) is 24.6 Å². The molecule has 0 radical (unpaired) electrons. The summed E-state index contributed by atoms with van der Waals surface area (Å²) >= 11 is 0. The fourth-order valence-corrected chi connectivity index (χ4v) is 2.31. The number of nitrogens with one attached hydrogen (secondary N) is 1. The largest absolute Gasteiger partial charge is 0.494 e. The smallest absolute Gasteiger partial charge is 0.410 e. The van der Waals surface area contributed by atoms with E-state index in [-0.39, 0.29) is 6.61 Å². The van der Waals surface area contributed by atoms with Crippen LogP contribution in [-0.2, 0) is 20.9 Å². The Kier molecular flexibility index (Phi) is 11.6. The summed E-state index contributed by atoms with van der Waals surface area (Å²) in [5, 5.41) is 18.8. The first-order valence-electron chi connectivity index (χ1n) is 9.51. The summed E-state index contributed by atoms with van der Waals surface area (Å²) in [6.07, 6.45) is 2.70. The number of rotatable bonds is 8. The Hall–Kier alpha value is -3.14. The van der Waals surface area contributed by atoms with Gasteiger partial charge in [0.25, 0.3) is 0 Å².